The van der Waals surface area contributed by atoms with Gasteiger partial charge in [0.2, 0.25) is 0 Å². The fourth-order valence-electron chi connectivity index (χ4n) is 5.04. The Kier molecular flexibility index (Phi) is 3.54. The zero-order valence-corrected chi connectivity index (χ0v) is 12.6. The number of rotatable bonds is 3. The molecule has 4 nitrogen and oxygen atoms in total. The summed E-state index contributed by atoms with van der Waals surface area (Å²) in [5, 5.41) is 0. The van der Waals surface area contributed by atoms with Crippen LogP contribution in [0.25, 0.3) is 0 Å². The van der Waals surface area contributed by atoms with Crippen LogP contribution in [0.2, 0.25) is 0 Å². The van der Waals surface area contributed by atoms with E-state index in [2.05, 4.69) is 0 Å². The Balaban J connectivity index is 1.34. The zero-order chi connectivity index (χ0) is 14.4. The molecule has 4 saturated carbocycles. The summed E-state index contributed by atoms with van der Waals surface area (Å²) < 4.78 is 5.85. The molecule has 0 radical (unpaired) electrons. The SMILES string of the molecule is C[C@@H]1C=CC(CC(=O)OC2C3CC4CC(C3)CC2C4)OO1. The average Bonchev–Trinajstić information content (AvgIpc) is 2.45. The number of carbonyl (C=O) groups excluding carboxylic acids is 1. The third kappa shape index (κ3) is 2.76. The van der Waals surface area contributed by atoms with Gasteiger partial charge in [-0.25, -0.2) is 9.78 Å². The Morgan fingerprint density at radius 1 is 1.05 bits per heavy atom. The van der Waals surface area contributed by atoms with E-state index in [1.165, 1.54) is 32.1 Å². The van der Waals surface area contributed by atoms with Gasteiger partial charge in [0.25, 0.3) is 0 Å². The largest absolute Gasteiger partial charge is 0.462 e. The highest BCUT2D eigenvalue weighted by Crippen LogP contribution is 2.54. The topological polar surface area (TPSA) is 44.8 Å². The highest BCUT2D eigenvalue weighted by atomic mass is 17.2. The van der Waals surface area contributed by atoms with Crippen LogP contribution in [-0.4, -0.2) is 24.3 Å². The second-order valence-electron chi connectivity index (χ2n) is 7.41. The van der Waals surface area contributed by atoms with Crippen LogP contribution in [0.4, 0.5) is 0 Å². The number of ether oxygens (including phenoxy) is 1. The van der Waals surface area contributed by atoms with E-state index in [-0.39, 0.29) is 30.7 Å². The maximum Gasteiger partial charge on any atom is 0.309 e. The molecular weight excluding hydrogens is 268 g/mol. The smallest absolute Gasteiger partial charge is 0.309 e. The van der Waals surface area contributed by atoms with Crippen molar-refractivity contribution in [3.63, 3.8) is 0 Å². The van der Waals surface area contributed by atoms with Crippen molar-refractivity contribution in [2.45, 2.75) is 63.8 Å². The molecule has 0 aromatic rings. The van der Waals surface area contributed by atoms with E-state index in [9.17, 15) is 4.79 Å². The number of esters is 1. The quantitative estimate of drug-likeness (QED) is 0.456. The fraction of sp³-hybridized carbons (Fsp3) is 0.824. The van der Waals surface area contributed by atoms with Gasteiger partial charge in [-0.3, -0.25) is 4.79 Å². The van der Waals surface area contributed by atoms with Gasteiger partial charge in [0.05, 0.1) is 6.42 Å². The van der Waals surface area contributed by atoms with Crippen LogP contribution in [0.1, 0.15) is 45.4 Å². The lowest BCUT2D eigenvalue weighted by Crippen LogP contribution is -2.50. The van der Waals surface area contributed by atoms with Crippen molar-refractivity contribution in [3.05, 3.63) is 12.2 Å². The van der Waals surface area contributed by atoms with Gasteiger partial charge >= 0.3 is 5.97 Å². The van der Waals surface area contributed by atoms with E-state index in [1.54, 1.807) is 0 Å². The molecule has 0 aromatic heterocycles. The molecule has 0 amide bonds. The molecule has 0 spiro atoms. The molecule has 21 heavy (non-hydrogen) atoms. The van der Waals surface area contributed by atoms with E-state index in [0.29, 0.717) is 11.8 Å². The van der Waals surface area contributed by atoms with Crippen LogP contribution >= 0.6 is 0 Å². The molecule has 4 bridgehead atoms. The first kappa shape index (κ1) is 13.8. The minimum Gasteiger partial charge on any atom is -0.462 e. The minimum absolute atomic E-state index is 0.0401. The van der Waals surface area contributed by atoms with Crippen LogP contribution in [0.5, 0.6) is 0 Å². The summed E-state index contributed by atoms with van der Waals surface area (Å²) in [4.78, 5) is 22.5. The normalized spacial score (nSPS) is 47.6. The molecule has 5 aliphatic rings. The highest BCUT2D eigenvalue weighted by Gasteiger charge is 2.49. The maximum absolute atomic E-state index is 12.2. The molecule has 0 aromatic carbocycles. The second-order valence-corrected chi connectivity index (χ2v) is 7.41. The van der Waals surface area contributed by atoms with E-state index in [4.69, 9.17) is 14.5 Å². The third-order valence-corrected chi connectivity index (χ3v) is 5.70. The lowest BCUT2D eigenvalue weighted by atomic mass is 9.55. The summed E-state index contributed by atoms with van der Waals surface area (Å²) in [6, 6.07) is 0. The summed E-state index contributed by atoms with van der Waals surface area (Å²) >= 11 is 0. The molecule has 0 saturated heterocycles. The third-order valence-electron chi connectivity index (χ3n) is 5.70. The van der Waals surface area contributed by atoms with Crippen molar-refractivity contribution < 1.29 is 19.3 Å². The van der Waals surface area contributed by atoms with Crippen LogP contribution in [0, 0.1) is 23.7 Å². The van der Waals surface area contributed by atoms with Gasteiger partial charge in [-0.2, -0.15) is 0 Å². The minimum atomic E-state index is -0.300. The first-order valence-electron chi connectivity index (χ1n) is 8.37. The summed E-state index contributed by atoms with van der Waals surface area (Å²) in [6.45, 7) is 1.90. The van der Waals surface area contributed by atoms with Crippen molar-refractivity contribution in [2.75, 3.05) is 0 Å². The molecule has 1 aliphatic heterocycles. The van der Waals surface area contributed by atoms with Crippen molar-refractivity contribution in [3.8, 4) is 0 Å². The van der Waals surface area contributed by atoms with Gasteiger partial charge in [0.15, 0.2) is 0 Å². The first-order chi connectivity index (χ1) is 10.2. The molecule has 0 N–H and O–H groups in total. The molecule has 5 rings (SSSR count). The molecule has 1 unspecified atom stereocenters. The average molecular weight is 292 g/mol. The van der Waals surface area contributed by atoms with Gasteiger partial charge in [0.1, 0.15) is 18.3 Å². The zero-order valence-electron chi connectivity index (χ0n) is 12.6. The highest BCUT2D eigenvalue weighted by molar-refractivity contribution is 5.70. The molecule has 2 atom stereocenters. The Hall–Kier alpha value is -0.870. The number of carbonyl (C=O) groups is 1. The maximum atomic E-state index is 12.2. The van der Waals surface area contributed by atoms with Crippen LogP contribution < -0.4 is 0 Å². The lowest BCUT2D eigenvalue weighted by molar-refractivity contribution is -0.336. The molecule has 1 heterocycles. The Labute approximate surface area is 125 Å². The van der Waals surface area contributed by atoms with Crippen molar-refractivity contribution in [1.82, 2.24) is 0 Å². The predicted molar refractivity (Wildman–Crippen MR) is 76.1 cm³/mol. The van der Waals surface area contributed by atoms with E-state index < -0.39 is 0 Å². The molecule has 4 aliphatic carbocycles. The summed E-state index contributed by atoms with van der Waals surface area (Å²) in [6.07, 6.45) is 10.4. The first-order valence-corrected chi connectivity index (χ1v) is 8.37. The number of hydrogen-bond donors (Lipinski definition) is 0. The predicted octanol–water partition coefficient (Wildman–Crippen LogP) is 3.02. The summed E-state index contributed by atoms with van der Waals surface area (Å²) in [5.41, 5.74) is 0. The van der Waals surface area contributed by atoms with Gasteiger partial charge in [-0.15, -0.1) is 0 Å². The van der Waals surface area contributed by atoms with Crippen LogP contribution in [-0.2, 0) is 19.3 Å². The van der Waals surface area contributed by atoms with Crippen molar-refractivity contribution in [2.24, 2.45) is 23.7 Å². The molecule has 4 fully saturated rings. The standard InChI is InChI=1S/C17H24O4/c1-10-2-3-15(21-20-10)9-16(18)19-17-13-5-11-4-12(7-13)8-14(17)6-11/h2-3,10-15,17H,4-9H2,1H3/t10-,11?,12?,13?,14?,15?,17?/m1/s1. The van der Waals surface area contributed by atoms with E-state index >= 15 is 0 Å². The van der Waals surface area contributed by atoms with Gasteiger partial charge in [-0.1, -0.05) is 12.2 Å². The lowest BCUT2D eigenvalue weighted by Gasteiger charge is -2.53. The van der Waals surface area contributed by atoms with Gasteiger partial charge in [0, 0.05) is 0 Å². The van der Waals surface area contributed by atoms with E-state index in [0.717, 1.165) is 11.8 Å². The number of hydrogen-bond acceptors (Lipinski definition) is 4. The monoisotopic (exact) mass is 292 g/mol. The molecule has 4 heteroatoms. The van der Waals surface area contributed by atoms with Crippen molar-refractivity contribution in [1.29, 1.82) is 0 Å². The van der Waals surface area contributed by atoms with Gasteiger partial charge in [-0.05, 0) is 62.7 Å². The summed E-state index contributed by atoms with van der Waals surface area (Å²) in [5.74, 6) is 2.90. The van der Waals surface area contributed by atoms with Crippen molar-refractivity contribution >= 4 is 5.97 Å². The van der Waals surface area contributed by atoms with E-state index in [1.807, 2.05) is 19.1 Å². The Morgan fingerprint density at radius 3 is 2.29 bits per heavy atom. The van der Waals surface area contributed by atoms with Crippen LogP contribution in [0.15, 0.2) is 12.2 Å². The van der Waals surface area contributed by atoms with Gasteiger partial charge < -0.3 is 4.74 Å². The molecular formula is C17H24O4. The second kappa shape index (κ2) is 5.40. The molecule has 116 valence electrons. The Morgan fingerprint density at radius 2 is 1.71 bits per heavy atom. The Bertz CT molecular complexity index is 416. The van der Waals surface area contributed by atoms with Crippen LogP contribution in [0.3, 0.4) is 0 Å². The summed E-state index contributed by atoms with van der Waals surface area (Å²) in [7, 11) is 0. The fourth-order valence-corrected chi connectivity index (χ4v) is 5.04.